The number of rotatable bonds is 8. The summed E-state index contributed by atoms with van der Waals surface area (Å²) in [6.07, 6.45) is 7.57. The van der Waals surface area contributed by atoms with Crippen LogP contribution in [0.4, 0.5) is 0 Å². The molecule has 0 aromatic carbocycles. The largest absolute Gasteiger partial charge is 0.379 e. The van der Waals surface area contributed by atoms with Gasteiger partial charge in [-0.1, -0.05) is 6.42 Å². The van der Waals surface area contributed by atoms with Gasteiger partial charge in [-0.2, -0.15) is 0 Å². The topological polar surface area (TPSA) is 64.6 Å². The molecule has 1 saturated heterocycles. The van der Waals surface area contributed by atoms with Crippen molar-refractivity contribution in [3.8, 4) is 0 Å². The molecule has 1 aliphatic carbocycles. The second-order valence-electron chi connectivity index (χ2n) is 5.92. The average molecular weight is 305 g/mol. The summed E-state index contributed by atoms with van der Waals surface area (Å²) in [6, 6.07) is 0.128. The lowest BCUT2D eigenvalue weighted by atomic mass is 10.2. The van der Waals surface area contributed by atoms with E-state index < -0.39 is 9.84 Å². The molecule has 20 heavy (non-hydrogen) atoms. The molecule has 6 heteroatoms. The summed E-state index contributed by atoms with van der Waals surface area (Å²) < 4.78 is 34.4. The van der Waals surface area contributed by atoms with Gasteiger partial charge in [0, 0.05) is 25.5 Å². The van der Waals surface area contributed by atoms with Crippen LogP contribution in [0.3, 0.4) is 0 Å². The lowest BCUT2D eigenvalue weighted by molar-refractivity contribution is 0.0165. The van der Waals surface area contributed by atoms with E-state index in [1.807, 2.05) is 0 Å². The van der Waals surface area contributed by atoms with Crippen LogP contribution in [0.15, 0.2) is 0 Å². The number of ether oxygens (including phenoxy) is 2. The minimum Gasteiger partial charge on any atom is -0.379 e. The van der Waals surface area contributed by atoms with Gasteiger partial charge in [0.05, 0.1) is 18.0 Å². The molecule has 1 saturated carbocycles. The smallest absolute Gasteiger partial charge is 0.151 e. The zero-order valence-corrected chi connectivity index (χ0v) is 13.2. The first-order chi connectivity index (χ1) is 9.57. The maximum absolute atomic E-state index is 11.6. The van der Waals surface area contributed by atoms with Gasteiger partial charge in [-0.15, -0.1) is 0 Å². The van der Waals surface area contributed by atoms with E-state index in [0.717, 1.165) is 51.7 Å². The van der Waals surface area contributed by atoms with Crippen LogP contribution in [-0.4, -0.2) is 58.4 Å². The van der Waals surface area contributed by atoms with Crippen molar-refractivity contribution in [1.29, 1.82) is 0 Å². The Morgan fingerprint density at radius 1 is 1.25 bits per heavy atom. The molecule has 5 nitrogen and oxygen atoms in total. The highest BCUT2D eigenvalue weighted by Crippen LogP contribution is 2.24. The zero-order chi connectivity index (χ0) is 14.4. The third-order valence-electron chi connectivity index (χ3n) is 4.20. The molecule has 0 radical (unpaired) electrons. The van der Waals surface area contributed by atoms with Crippen molar-refractivity contribution in [2.45, 2.75) is 55.9 Å². The summed E-state index contributed by atoms with van der Waals surface area (Å²) >= 11 is 0. The molecule has 2 rings (SSSR count). The summed E-state index contributed by atoms with van der Waals surface area (Å²) in [5.41, 5.74) is 0. The van der Waals surface area contributed by atoms with Crippen LogP contribution >= 0.6 is 0 Å². The Kier molecular flexibility index (Phi) is 6.26. The molecule has 2 fully saturated rings. The second-order valence-corrected chi connectivity index (χ2v) is 8.19. The summed E-state index contributed by atoms with van der Waals surface area (Å²) in [5, 5.41) is 3.18. The predicted molar refractivity (Wildman–Crippen MR) is 78.7 cm³/mol. The summed E-state index contributed by atoms with van der Waals surface area (Å²) in [5.74, 6) is 0. The Bertz CT molecular complexity index is 379. The van der Waals surface area contributed by atoms with Gasteiger partial charge >= 0.3 is 0 Å². The minimum atomic E-state index is -2.92. The van der Waals surface area contributed by atoms with E-state index in [1.54, 1.807) is 0 Å². The molecule has 0 aromatic heterocycles. The first kappa shape index (κ1) is 16.2. The van der Waals surface area contributed by atoms with Gasteiger partial charge in [0.2, 0.25) is 0 Å². The van der Waals surface area contributed by atoms with Gasteiger partial charge in [-0.05, 0) is 38.6 Å². The van der Waals surface area contributed by atoms with Gasteiger partial charge in [0.15, 0.2) is 9.84 Å². The van der Waals surface area contributed by atoms with E-state index in [1.165, 1.54) is 6.26 Å². The molecule has 3 unspecified atom stereocenters. The Labute approximate surface area is 122 Å². The Hall–Kier alpha value is -0.170. The molecular weight excluding hydrogens is 278 g/mol. The Morgan fingerprint density at radius 2 is 2.10 bits per heavy atom. The number of nitrogens with one attached hydrogen (secondary N) is 1. The van der Waals surface area contributed by atoms with Crippen molar-refractivity contribution in [2.75, 3.05) is 32.6 Å². The van der Waals surface area contributed by atoms with Gasteiger partial charge in [0.25, 0.3) is 0 Å². The van der Waals surface area contributed by atoms with Gasteiger partial charge < -0.3 is 14.8 Å². The van der Waals surface area contributed by atoms with Crippen molar-refractivity contribution in [2.24, 2.45) is 0 Å². The summed E-state index contributed by atoms with van der Waals surface area (Å²) in [6.45, 7) is 3.09. The molecule has 0 bridgehead atoms. The molecule has 0 amide bonds. The fourth-order valence-electron chi connectivity index (χ4n) is 3.12. The normalized spacial score (nSPS) is 30.9. The predicted octanol–water partition coefficient (Wildman–Crippen LogP) is 1.13. The monoisotopic (exact) mass is 305 g/mol. The highest BCUT2D eigenvalue weighted by atomic mass is 32.2. The molecule has 1 heterocycles. The van der Waals surface area contributed by atoms with E-state index in [2.05, 4.69) is 5.32 Å². The van der Waals surface area contributed by atoms with Crippen molar-refractivity contribution < 1.29 is 17.9 Å². The van der Waals surface area contributed by atoms with E-state index in [9.17, 15) is 8.42 Å². The van der Waals surface area contributed by atoms with Crippen molar-refractivity contribution in [1.82, 2.24) is 5.32 Å². The van der Waals surface area contributed by atoms with Crippen molar-refractivity contribution >= 4 is 9.84 Å². The quantitative estimate of drug-likeness (QED) is 0.681. The molecule has 118 valence electrons. The van der Waals surface area contributed by atoms with Crippen LogP contribution in [0, 0.1) is 0 Å². The molecule has 3 atom stereocenters. The summed E-state index contributed by atoms with van der Waals surface area (Å²) in [7, 11) is -2.92. The summed E-state index contributed by atoms with van der Waals surface area (Å²) in [4.78, 5) is 0. The second kappa shape index (κ2) is 7.73. The average Bonchev–Trinajstić information content (AvgIpc) is 3.03. The first-order valence-electron chi connectivity index (χ1n) is 7.69. The fourth-order valence-corrected chi connectivity index (χ4v) is 4.55. The van der Waals surface area contributed by atoms with Crippen LogP contribution in [0.1, 0.15) is 38.5 Å². The maximum Gasteiger partial charge on any atom is 0.151 e. The van der Waals surface area contributed by atoms with E-state index in [0.29, 0.717) is 13.2 Å². The standard InChI is InChI=1S/C14H27NO4S/c1-20(16,17)14-7-2-6-13(14)15-8-4-9-18-11-12-5-3-10-19-12/h12-15H,2-11H2,1H3. The molecule has 2 aliphatic rings. The molecule has 1 aliphatic heterocycles. The van der Waals surface area contributed by atoms with Gasteiger partial charge in [0.1, 0.15) is 0 Å². The van der Waals surface area contributed by atoms with Crippen LogP contribution < -0.4 is 5.32 Å². The number of sulfone groups is 1. The van der Waals surface area contributed by atoms with Crippen LogP contribution in [-0.2, 0) is 19.3 Å². The third-order valence-corrected chi connectivity index (χ3v) is 5.87. The van der Waals surface area contributed by atoms with Crippen molar-refractivity contribution in [3.63, 3.8) is 0 Å². The third kappa shape index (κ3) is 4.98. The van der Waals surface area contributed by atoms with E-state index in [-0.39, 0.29) is 17.4 Å². The van der Waals surface area contributed by atoms with E-state index in [4.69, 9.17) is 9.47 Å². The van der Waals surface area contributed by atoms with Crippen LogP contribution in [0.25, 0.3) is 0 Å². The molecular formula is C14H27NO4S. The highest BCUT2D eigenvalue weighted by Gasteiger charge is 2.34. The Balaban J connectivity index is 1.54. The first-order valence-corrected chi connectivity index (χ1v) is 9.64. The van der Waals surface area contributed by atoms with Gasteiger partial charge in [-0.3, -0.25) is 0 Å². The molecule has 1 N–H and O–H groups in total. The highest BCUT2D eigenvalue weighted by molar-refractivity contribution is 7.91. The lowest BCUT2D eigenvalue weighted by Gasteiger charge is -2.19. The zero-order valence-electron chi connectivity index (χ0n) is 12.3. The Morgan fingerprint density at radius 3 is 2.80 bits per heavy atom. The van der Waals surface area contributed by atoms with Gasteiger partial charge in [-0.25, -0.2) is 8.42 Å². The van der Waals surface area contributed by atoms with Crippen molar-refractivity contribution in [3.05, 3.63) is 0 Å². The molecule has 0 spiro atoms. The minimum absolute atomic E-state index is 0.128. The number of hydrogen-bond acceptors (Lipinski definition) is 5. The van der Waals surface area contributed by atoms with Crippen LogP contribution in [0.2, 0.25) is 0 Å². The lowest BCUT2D eigenvalue weighted by Crippen LogP contribution is -2.40. The molecule has 0 aromatic rings. The van der Waals surface area contributed by atoms with Crippen LogP contribution in [0.5, 0.6) is 0 Å². The number of hydrogen-bond donors (Lipinski definition) is 1. The fraction of sp³-hybridized carbons (Fsp3) is 1.00. The van der Waals surface area contributed by atoms with E-state index >= 15 is 0 Å². The SMILES string of the molecule is CS(=O)(=O)C1CCCC1NCCCOCC1CCCO1. The maximum atomic E-state index is 11.6.